The van der Waals surface area contributed by atoms with Gasteiger partial charge in [-0.3, -0.25) is 9.59 Å². The third-order valence-corrected chi connectivity index (χ3v) is 4.55. The van der Waals surface area contributed by atoms with Gasteiger partial charge in [-0.25, -0.2) is 4.98 Å². The highest BCUT2D eigenvalue weighted by Gasteiger charge is 2.15. The molecule has 6 nitrogen and oxygen atoms in total. The van der Waals surface area contributed by atoms with Crippen molar-refractivity contribution in [2.75, 3.05) is 6.61 Å². The molecule has 2 N–H and O–H groups in total. The predicted molar refractivity (Wildman–Crippen MR) is 105 cm³/mol. The molecule has 0 saturated heterocycles. The van der Waals surface area contributed by atoms with E-state index in [0.717, 1.165) is 5.56 Å². The molecule has 2 aromatic heterocycles. The van der Waals surface area contributed by atoms with Gasteiger partial charge in [-0.1, -0.05) is 23.7 Å². The Morgan fingerprint density at radius 1 is 1.22 bits per heavy atom. The smallest absolute Gasteiger partial charge is 0.257 e. The lowest BCUT2D eigenvalue weighted by atomic mass is 10.1. The minimum Gasteiger partial charge on any atom is -0.396 e. The highest BCUT2D eigenvalue weighted by molar-refractivity contribution is 6.30. The van der Waals surface area contributed by atoms with Crippen molar-refractivity contribution in [3.63, 3.8) is 0 Å². The molecule has 0 atom stereocenters. The van der Waals surface area contributed by atoms with Gasteiger partial charge in [0.25, 0.3) is 5.91 Å². The van der Waals surface area contributed by atoms with Crippen LogP contribution in [0.15, 0.2) is 47.4 Å². The summed E-state index contributed by atoms with van der Waals surface area (Å²) in [7, 11) is 1.77. The van der Waals surface area contributed by atoms with Crippen LogP contribution in [-0.2, 0) is 20.0 Å². The first-order valence-electron chi connectivity index (χ1n) is 8.62. The van der Waals surface area contributed by atoms with E-state index in [0.29, 0.717) is 35.6 Å². The van der Waals surface area contributed by atoms with E-state index in [1.807, 2.05) is 24.3 Å². The summed E-state index contributed by atoms with van der Waals surface area (Å²) in [6, 6.07) is 10.8. The van der Waals surface area contributed by atoms with Crippen molar-refractivity contribution >= 4 is 28.5 Å². The molecule has 0 saturated carbocycles. The standard InChI is InChI=1S/C20H20ClN3O3/c1-24-12-16(20(27)22-11-13-4-6-14(21)7-5-13)19(26)18-17(24)9-8-15(23-18)3-2-10-25/h4-9,12,25H,2-3,10-11H2,1H3,(H,22,27). The Bertz CT molecular complexity index is 1030. The van der Waals surface area contributed by atoms with Crippen LogP contribution in [0.1, 0.15) is 28.0 Å². The van der Waals surface area contributed by atoms with Crippen molar-refractivity contribution < 1.29 is 9.90 Å². The molecule has 3 aromatic rings. The number of carbonyl (C=O) groups excluding carboxylic acids is 1. The number of aromatic nitrogens is 2. The van der Waals surface area contributed by atoms with E-state index in [4.69, 9.17) is 16.7 Å². The molecule has 0 aliphatic heterocycles. The summed E-state index contributed by atoms with van der Waals surface area (Å²) >= 11 is 5.86. The van der Waals surface area contributed by atoms with E-state index >= 15 is 0 Å². The highest BCUT2D eigenvalue weighted by Crippen LogP contribution is 2.12. The summed E-state index contributed by atoms with van der Waals surface area (Å²) in [5.41, 5.74) is 2.16. The zero-order valence-corrected chi connectivity index (χ0v) is 15.7. The fraction of sp³-hybridized carbons (Fsp3) is 0.250. The number of aliphatic hydroxyl groups excluding tert-OH is 1. The fourth-order valence-electron chi connectivity index (χ4n) is 2.83. The van der Waals surface area contributed by atoms with Crippen LogP contribution in [0.4, 0.5) is 0 Å². The Morgan fingerprint density at radius 3 is 2.67 bits per heavy atom. The molecule has 1 amide bonds. The van der Waals surface area contributed by atoms with E-state index in [9.17, 15) is 9.59 Å². The summed E-state index contributed by atoms with van der Waals surface area (Å²) in [5, 5.41) is 12.4. The Hall–Kier alpha value is -2.70. The summed E-state index contributed by atoms with van der Waals surface area (Å²) in [4.78, 5) is 29.8. The van der Waals surface area contributed by atoms with Gasteiger partial charge in [-0.15, -0.1) is 0 Å². The number of aliphatic hydroxyl groups is 1. The zero-order chi connectivity index (χ0) is 19.4. The largest absolute Gasteiger partial charge is 0.396 e. The van der Waals surface area contributed by atoms with Crippen LogP contribution in [0, 0.1) is 0 Å². The first-order chi connectivity index (χ1) is 13.0. The molecule has 1 aromatic carbocycles. The van der Waals surface area contributed by atoms with Crippen LogP contribution in [0.25, 0.3) is 11.0 Å². The van der Waals surface area contributed by atoms with E-state index in [2.05, 4.69) is 10.3 Å². The summed E-state index contributed by atoms with van der Waals surface area (Å²) in [5.74, 6) is -0.449. The molecule has 0 aliphatic carbocycles. The third-order valence-electron chi connectivity index (χ3n) is 4.30. The Kier molecular flexibility index (Phi) is 5.88. The number of nitrogens with zero attached hydrogens (tertiary/aromatic N) is 2. The predicted octanol–water partition coefficient (Wildman–Crippen LogP) is 2.44. The van der Waals surface area contributed by atoms with Gasteiger partial charge in [0.1, 0.15) is 11.1 Å². The van der Waals surface area contributed by atoms with Crippen LogP contribution < -0.4 is 10.7 Å². The molecule has 0 spiro atoms. The number of rotatable bonds is 6. The van der Waals surface area contributed by atoms with Crippen LogP contribution in [0.2, 0.25) is 5.02 Å². The number of pyridine rings is 2. The molecule has 0 fully saturated rings. The van der Waals surface area contributed by atoms with Crippen molar-refractivity contribution in [3.05, 3.63) is 74.7 Å². The number of hydrogen-bond acceptors (Lipinski definition) is 4. The molecular weight excluding hydrogens is 366 g/mol. The fourth-order valence-corrected chi connectivity index (χ4v) is 2.96. The van der Waals surface area contributed by atoms with Crippen molar-refractivity contribution in [1.82, 2.24) is 14.9 Å². The Labute approximate surface area is 161 Å². The normalized spacial score (nSPS) is 10.9. The summed E-state index contributed by atoms with van der Waals surface area (Å²) < 4.78 is 1.72. The van der Waals surface area contributed by atoms with Gasteiger partial charge in [0.05, 0.1) is 5.52 Å². The molecule has 0 radical (unpaired) electrons. The number of nitrogens with one attached hydrogen (secondary N) is 1. The highest BCUT2D eigenvalue weighted by atomic mass is 35.5. The van der Waals surface area contributed by atoms with Gasteiger partial charge in [0, 0.05) is 37.1 Å². The van der Waals surface area contributed by atoms with Gasteiger partial charge in [0.2, 0.25) is 5.43 Å². The second-order valence-corrected chi connectivity index (χ2v) is 6.73. The number of fused-ring (bicyclic) bond motifs is 1. The van der Waals surface area contributed by atoms with Crippen LogP contribution in [-0.4, -0.2) is 27.2 Å². The number of halogens is 1. The Morgan fingerprint density at radius 2 is 1.96 bits per heavy atom. The molecule has 0 bridgehead atoms. The lowest BCUT2D eigenvalue weighted by Crippen LogP contribution is -2.29. The van der Waals surface area contributed by atoms with E-state index in [1.54, 1.807) is 23.7 Å². The minimum absolute atomic E-state index is 0.0470. The van der Waals surface area contributed by atoms with E-state index in [-0.39, 0.29) is 17.7 Å². The molecular formula is C20H20ClN3O3. The minimum atomic E-state index is -0.449. The number of benzene rings is 1. The van der Waals surface area contributed by atoms with Crippen molar-refractivity contribution in [3.8, 4) is 0 Å². The van der Waals surface area contributed by atoms with Crippen LogP contribution in [0.5, 0.6) is 0 Å². The summed E-state index contributed by atoms with van der Waals surface area (Å²) in [6.45, 7) is 0.353. The molecule has 7 heteroatoms. The molecule has 3 rings (SSSR count). The quantitative estimate of drug-likeness (QED) is 0.682. The maximum atomic E-state index is 12.8. The second-order valence-electron chi connectivity index (χ2n) is 6.29. The average molecular weight is 386 g/mol. The van der Waals surface area contributed by atoms with Gasteiger partial charge >= 0.3 is 0 Å². The SMILES string of the molecule is Cn1cc(C(=O)NCc2ccc(Cl)cc2)c(=O)c2nc(CCCO)ccc21. The van der Waals surface area contributed by atoms with Gasteiger partial charge in [-0.2, -0.15) is 0 Å². The van der Waals surface area contributed by atoms with Gasteiger partial charge in [-0.05, 0) is 42.7 Å². The lowest BCUT2D eigenvalue weighted by Gasteiger charge is -2.10. The van der Waals surface area contributed by atoms with Gasteiger partial charge in [0.15, 0.2) is 0 Å². The number of hydrogen-bond donors (Lipinski definition) is 2. The van der Waals surface area contributed by atoms with E-state index in [1.165, 1.54) is 6.20 Å². The molecule has 0 unspecified atom stereocenters. The molecule has 2 heterocycles. The van der Waals surface area contributed by atoms with Crippen molar-refractivity contribution in [2.45, 2.75) is 19.4 Å². The van der Waals surface area contributed by atoms with E-state index < -0.39 is 11.3 Å². The molecule has 0 aliphatic rings. The van der Waals surface area contributed by atoms with Crippen LogP contribution >= 0.6 is 11.6 Å². The average Bonchev–Trinajstić information content (AvgIpc) is 2.68. The zero-order valence-electron chi connectivity index (χ0n) is 14.9. The van der Waals surface area contributed by atoms with Crippen molar-refractivity contribution in [2.24, 2.45) is 7.05 Å². The molecule has 140 valence electrons. The van der Waals surface area contributed by atoms with Crippen LogP contribution in [0.3, 0.4) is 0 Å². The third kappa shape index (κ3) is 4.35. The maximum absolute atomic E-state index is 12.8. The number of carbonyl (C=O) groups is 1. The Balaban J connectivity index is 1.88. The lowest BCUT2D eigenvalue weighted by molar-refractivity contribution is 0.0949. The number of amides is 1. The first kappa shape index (κ1) is 19.1. The maximum Gasteiger partial charge on any atom is 0.257 e. The second kappa shape index (κ2) is 8.33. The molecule has 27 heavy (non-hydrogen) atoms. The summed E-state index contributed by atoms with van der Waals surface area (Å²) in [6.07, 6.45) is 2.67. The monoisotopic (exact) mass is 385 g/mol. The topological polar surface area (TPSA) is 84.2 Å². The first-order valence-corrected chi connectivity index (χ1v) is 9.00. The number of aryl methyl sites for hydroxylation is 2. The van der Waals surface area contributed by atoms with Crippen molar-refractivity contribution in [1.29, 1.82) is 0 Å². The van der Waals surface area contributed by atoms with Gasteiger partial charge < -0.3 is 15.0 Å².